The van der Waals surface area contributed by atoms with Crippen LogP contribution in [0.1, 0.15) is 110 Å². The van der Waals surface area contributed by atoms with Crippen LogP contribution in [0.2, 0.25) is 0 Å². The van der Waals surface area contributed by atoms with Gasteiger partial charge in [-0.3, -0.25) is 37.7 Å². The maximum atomic E-state index is 17.8. The highest BCUT2D eigenvalue weighted by Crippen LogP contribution is 2.71. The second kappa shape index (κ2) is 24.6. The lowest BCUT2D eigenvalue weighted by Gasteiger charge is -2.63. The number of carbonyl (C=O) groups is 7. The monoisotopic (exact) mass is 1090 g/mol. The van der Waals surface area contributed by atoms with E-state index in [4.69, 9.17) is 8.92 Å². The van der Waals surface area contributed by atoms with Crippen molar-refractivity contribution in [2.24, 2.45) is 22.7 Å². The van der Waals surface area contributed by atoms with E-state index in [0.29, 0.717) is 17.0 Å². The van der Waals surface area contributed by atoms with Crippen LogP contribution in [-0.2, 0) is 48.2 Å². The third kappa shape index (κ3) is 12.3. The number of carboxylic acids is 1. The quantitative estimate of drug-likeness (QED) is 0.0236. The second-order valence-electron chi connectivity index (χ2n) is 20.3. The number of aliphatic carboxylic acids is 1. The summed E-state index contributed by atoms with van der Waals surface area (Å²) < 4.78 is 45.9. The number of rotatable bonds is 24. The number of thioether (sulfide) groups is 2. The highest BCUT2D eigenvalue weighted by Gasteiger charge is 2.76. The predicted molar refractivity (Wildman–Crippen MR) is 279 cm³/mol. The Morgan fingerprint density at radius 1 is 0.973 bits per heavy atom. The van der Waals surface area contributed by atoms with Gasteiger partial charge in [0, 0.05) is 56.9 Å². The summed E-state index contributed by atoms with van der Waals surface area (Å²) in [5.74, 6) is -5.58. The summed E-state index contributed by atoms with van der Waals surface area (Å²) in [5.41, 5.74) is -5.19. The van der Waals surface area contributed by atoms with Crippen LogP contribution in [0.25, 0.3) is 0 Å². The number of carboxylic acid groups (broad SMARTS) is 1. The van der Waals surface area contributed by atoms with Crippen molar-refractivity contribution in [3.63, 3.8) is 0 Å². The van der Waals surface area contributed by atoms with Crippen molar-refractivity contribution in [3.05, 3.63) is 83.5 Å². The number of ketones is 2. The van der Waals surface area contributed by atoms with E-state index in [0.717, 1.165) is 29.4 Å². The molecular formula is C53H68F2N4O12S3. The number of amides is 4. The number of aliphatic hydroxyl groups is 2. The SMILES string of the molecule is CCCC(C)SC(CC(=O)O)C(=O)NCCC(=O)N[C@@H](C)C(=O)N[C@@H](C)C(=O)Nc1cccc(SCc2ccc([C@H](OS)O[C@]3(C(=O)CO)CCC4[C@@H]5C[C@H](F)C6=CC(=O)C=C[C@]6(C)[C@@]5(F)[C@@H](O)C[C@@]43C)cc2)c1. The summed E-state index contributed by atoms with van der Waals surface area (Å²) in [7, 11) is 0. The number of allylic oxidation sites excluding steroid dienone is 4. The first kappa shape index (κ1) is 58.6. The molecule has 404 valence electrons. The molecule has 4 amide bonds. The van der Waals surface area contributed by atoms with Crippen LogP contribution in [-0.4, -0.2) is 116 Å². The zero-order valence-electron chi connectivity index (χ0n) is 42.4. The number of Topliss-reactive ketones (excluding diaryl/α,β-unsaturated/α-hetero) is 1. The number of halogens is 2. The van der Waals surface area contributed by atoms with Gasteiger partial charge in [-0.15, -0.1) is 23.5 Å². The number of carbonyl (C=O) groups excluding carboxylic acids is 6. The topological polar surface area (TPSA) is 247 Å². The van der Waals surface area contributed by atoms with Gasteiger partial charge in [-0.1, -0.05) is 63.6 Å². The molecule has 3 saturated carbocycles. The molecule has 3 unspecified atom stereocenters. The molecule has 2 aromatic rings. The van der Waals surface area contributed by atoms with E-state index in [-0.39, 0.29) is 55.9 Å². The van der Waals surface area contributed by atoms with Crippen LogP contribution in [0, 0.1) is 22.7 Å². The van der Waals surface area contributed by atoms with E-state index >= 15 is 8.78 Å². The standard InChI is InChI=1S/C53H68F2N4O12S3/c1-7-9-29(2)74-41(25-45(65)66)48(69)56-21-18-44(64)57-30(3)46(67)58-31(4)47(68)59-34-10-8-11-36(22-34)73-28-32-12-14-33(15-13-32)49(71-72)70-52(43(63)27-60)20-17-37-38-24-40(54)39-23-35(61)16-19-50(39,5)53(38,55)42(62)26-51(37,52)6/h8,10-16,19,22-23,29-31,37-38,40-42,49,60,62,72H,7,9,17-18,20-21,24-28H2,1-6H3,(H,56,69)(H,57,64)(H,58,67)(H,59,68)(H,65,66)/t29?,30-,31-,37?,38-,40-,41?,42-,49-,50-,51-,52-,53-/m0/s1. The van der Waals surface area contributed by atoms with Crippen molar-refractivity contribution in [2.45, 2.75) is 156 Å². The lowest BCUT2D eigenvalue weighted by atomic mass is 9.44. The van der Waals surface area contributed by atoms with Crippen molar-refractivity contribution in [2.75, 3.05) is 18.5 Å². The third-order valence-corrected chi connectivity index (χ3v) is 18.1. The molecule has 0 spiro atoms. The number of alkyl halides is 2. The number of aliphatic hydroxyl groups excluding tert-OH is 2. The number of thiol groups is 1. The van der Waals surface area contributed by atoms with Crippen LogP contribution in [0.3, 0.4) is 0 Å². The fourth-order valence-corrected chi connectivity index (χ4v) is 14.0. The second-order valence-corrected chi connectivity index (χ2v) is 23.2. The molecule has 21 heteroatoms. The highest BCUT2D eigenvalue weighted by atomic mass is 32.2. The Balaban J connectivity index is 1.01. The van der Waals surface area contributed by atoms with Gasteiger partial charge in [-0.2, -0.15) is 0 Å². The molecule has 0 aliphatic heterocycles. The molecule has 13 atom stereocenters. The smallest absolute Gasteiger partial charge is 0.305 e. The van der Waals surface area contributed by atoms with Crippen LogP contribution < -0.4 is 21.3 Å². The zero-order valence-corrected chi connectivity index (χ0v) is 44.9. The summed E-state index contributed by atoms with van der Waals surface area (Å²) in [6.45, 7) is 9.13. The summed E-state index contributed by atoms with van der Waals surface area (Å²) >= 11 is 6.86. The molecule has 2 aromatic carbocycles. The molecule has 4 aliphatic carbocycles. The Bertz CT molecular complexity index is 2500. The molecule has 0 bridgehead atoms. The summed E-state index contributed by atoms with van der Waals surface area (Å²) in [5, 5.41) is 41.3. The van der Waals surface area contributed by atoms with Gasteiger partial charge >= 0.3 is 5.97 Å². The number of hydrogen-bond acceptors (Lipinski definition) is 14. The molecule has 0 saturated heterocycles. The number of fused-ring (bicyclic) bond motifs is 5. The molecule has 3 fully saturated rings. The summed E-state index contributed by atoms with van der Waals surface area (Å²) in [6.07, 6.45) is 0.00570. The Morgan fingerprint density at radius 2 is 1.68 bits per heavy atom. The zero-order chi connectivity index (χ0) is 54.3. The molecule has 16 nitrogen and oxygen atoms in total. The van der Waals surface area contributed by atoms with Crippen molar-refractivity contribution in [1.82, 2.24) is 16.0 Å². The molecule has 0 heterocycles. The Kier molecular flexibility index (Phi) is 19.5. The van der Waals surface area contributed by atoms with Crippen LogP contribution in [0.4, 0.5) is 14.5 Å². The summed E-state index contributed by atoms with van der Waals surface area (Å²) in [6, 6.07) is 12.2. The lowest BCUT2D eigenvalue weighted by molar-refractivity contribution is -0.253. The maximum Gasteiger partial charge on any atom is 0.305 e. The minimum absolute atomic E-state index is 0.00761. The van der Waals surface area contributed by atoms with Gasteiger partial charge in [0.05, 0.1) is 17.8 Å². The van der Waals surface area contributed by atoms with Gasteiger partial charge in [0.2, 0.25) is 23.6 Å². The molecule has 6 rings (SSSR count). The normalized spacial score (nSPS) is 29.0. The van der Waals surface area contributed by atoms with E-state index < -0.39 is 118 Å². The average Bonchev–Trinajstić information content (AvgIpc) is 3.64. The first-order valence-electron chi connectivity index (χ1n) is 24.9. The van der Waals surface area contributed by atoms with Gasteiger partial charge in [-0.25, -0.2) is 8.78 Å². The van der Waals surface area contributed by atoms with E-state index in [9.17, 15) is 48.9 Å². The molecule has 0 aromatic heterocycles. The Morgan fingerprint density at radius 3 is 2.34 bits per heavy atom. The largest absolute Gasteiger partial charge is 0.481 e. The minimum atomic E-state index is -2.36. The first-order valence-corrected chi connectivity index (χ1v) is 27.2. The van der Waals surface area contributed by atoms with Crippen molar-refractivity contribution in [3.8, 4) is 0 Å². The maximum absolute atomic E-state index is 17.8. The summed E-state index contributed by atoms with van der Waals surface area (Å²) in [4.78, 5) is 89.7. The fourth-order valence-electron chi connectivity index (χ4n) is 11.5. The molecule has 7 N–H and O–H groups in total. The van der Waals surface area contributed by atoms with Crippen LogP contribution in [0.15, 0.2) is 77.2 Å². The number of anilines is 1. The van der Waals surface area contributed by atoms with Gasteiger partial charge in [-0.05, 0) is 113 Å². The first-order chi connectivity index (χ1) is 35.0. The molecule has 0 radical (unpaired) electrons. The van der Waals surface area contributed by atoms with E-state index in [1.165, 1.54) is 56.4 Å². The minimum Gasteiger partial charge on any atom is -0.481 e. The fraction of sp³-hybridized carbons (Fsp3) is 0.566. The van der Waals surface area contributed by atoms with Crippen molar-refractivity contribution < 1.29 is 66.6 Å². The van der Waals surface area contributed by atoms with Crippen molar-refractivity contribution >= 4 is 83.3 Å². The van der Waals surface area contributed by atoms with Gasteiger partial charge in [0.15, 0.2) is 23.5 Å². The van der Waals surface area contributed by atoms with Gasteiger partial charge in [0.1, 0.15) is 30.5 Å². The van der Waals surface area contributed by atoms with E-state index in [1.54, 1.807) is 37.3 Å². The molecule has 74 heavy (non-hydrogen) atoms. The number of ether oxygens (including phenoxy) is 1. The Labute approximate surface area is 444 Å². The average molecular weight is 1090 g/mol. The number of nitrogens with one attached hydrogen (secondary N) is 4. The van der Waals surface area contributed by atoms with E-state index in [1.807, 2.05) is 32.0 Å². The van der Waals surface area contributed by atoms with E-state index in [2.05, 4.69) is 34.2 Å². The molecule has 4 aliphatic rings. The number of benzene rings is 2. The Hall–Kier alpha value is -4.64. The molecular weight excluding hydrogens is 1020 g/mol. The van der Waals surface area contributed by atoms with Gasteiger partial charge in [0.25, 0.3) is 0 Å². The lowest BCUT2D eigenvalue weighted by Crippen LogP contribution is -2.70. The van der Waals surface area contributed by atoms with Crippen molar-refractivity contribution in [1.29, 1.82) is 0 Å². The third-order valence-electron chi connectivity index (χ3n) is 15.4. The van der Waals surface area contributed by atoms with Crippen LogP contribution in [0.5, 0.6) is 0 Å². The predicted octanol–water partition coefficient (Wildman–Crippen LogP) is 6.69. The van der Waals surface area contributed by atoms with Crippen LogP contribution >= 0.6 is 36.4 Å². The number of hydrogen-bond donors (Lipinski definition) is 8. The highest BCUT2D eigenvalue weighted by molar-refractivity contribution is 8.01. The van der Waals surface area contributed by atoms with Gasteiger partial charge < -0.3 is 41.3 Å².